The van der Waals surface area contributed by atoms with Gasteiger partial charge >= 0.3 is 0 Å². The molecule has 0 saturated carbocycles. The summed E-state index contributed by atoms with van der Waals surface area (Å²) >= 11 is 0. The molecule has 1 aliphatic rings. The van der Waals surface area contributed by atoms with Gasteiger partial charge in [-0.15, -0.1) is 0 Å². The minimum absolute atomic E-state index is 0.308. The first-order valence-corrected chi connectivity index (χ1v) is 5.83. The van der Waals surface area contributed by atoms with E-state index in [0.29, 0.717) is 37.3 Å². The Hall–Kier alpha value is -1.76. The third-order valence-electron chi connectivity index (χ3n) is 2.83. The summed E-state index contributed by atoms with van der Waals surface area (Å²) in [5, 5.41) is 2.75. The van der Waals surface area contributed by atoms with Crippen molar-refractivity contribution >= 4 is 11.8 Å². The molecule has 0 spiro atoms. The quantitative estimate of drug-likeness (QED) is 0.680. The van der Waals surface area contributed by atoms with Gasteiger partial charge in [0.05, 0.1) is 11.1 Å². The largest absolute Gasteiger partial charge is 0.329 e. The smallest absolute Gasteiger partial charge is 0.276 e. The standard InChI is InChI=1S/C12H16N4O2/c13-5-7-15(8-6-14)16-11(17)9-3-1-2-4-10(9)12(16)18/h1-4H,5-8,13-14H2. The van der Waals surface area contributed by atoms with E-state index in [0.717, 1.165) is 5.01 Å². The molecule has 0 radical (unpaired) electrons. The summed E-state index contributed by atoms with van der Waals surface area (Å²) in [6, 6.07) is 6.78. The van der Waals surface area contributed by atoms with Gasteiger partial charge < -0.3 is 11.5 Å². The third kappa shape index (κ3) is 2.01. The predicted molar refractivity (Wildman–Crippen MR) is 66.6 cm³/mol. The van der Waals surface area contributed by atoms with E-state index in [9.17, 15) is 9.59 Å². The van der Waals surface area contributed by atoms with Crippen molar-refractivity contribution in [2.75, 3.05) is 26.2 Å². The van der Waals surface area contributed by atoms with Crippen LogP contribution in [0.1, 0.15) is 20.7 Å². The molecule has 1 aliphatic heterocycles. The second-order valence-corrected chi connectivity index (χ2v) is 4.00. The zero-order valence-corrected chi connectivity index (χ0v) is 10.0. The minimum atomic E-state index is -0.308. The van der Waals surface area contributed by atoms with E-state index in [2.05, 4.69) is 0 Å². The van der Waals surface area contributed by atoms with Crippen LogP contribution < -0.4 is 11.5 Å². The van der Waals surface area contributed by atoms with E-state index in [4.69, 9.17) is 11.5 Å². The molecule has 1 aromatic carbocycles. The fraction of sp³-hybridized carbons (Fsp3) is 0.333. The van der Waals surface area contributed by atoms with Crippen molar-refractivity contribution in [1.82, 2.24) is 10.0 Å². The van der Waals surface area contributed by atoms with Crippen LogP contribution in [-0.4, -0.2) is 48.0 Å². The molecule has 1 heterocycles. The molecule has 6 heteroatoms. The van der Waals surface area contributed by atoms with Crippen LogP contribution in [-0.2, 0) is 0 Å². The van der Waals surface area contributed by atoms with Gasteiger partial charge in [0.25, 0.3) is 11.8 Å². The van der Waals surface area contributed by atoms with Gasteiger partial charge in [0.2, 0.25) is 0 Å². The van der Waals surface area contributed by atoms with Crippen LogP contribution in [0.3, 0.4) is 0 Å². The van der Waals surface area contributed by atoms with E-state index >= 15 is 0 Å². The van der Waals surface area contributed by atoms with E-state index in [1.165, 1.54) is 0 Å². The molecule has 0 bridgehead atoms. The van der Waals surface area contributed by atoms with Crippen molar-refractivity contribution in [3.05, 3.63) is 35.4 Å². The summed E-state index contributed by atoms with van der Waals surface area (Å²) in [6.07, 6.45) is 0. The third-order valence-corrected chi connectivity index (χ3v) is 2.83. The summed E-state index contributed by atoms with van der Waals surface area (Å²) in [6.45, 7) is 1.55. The van der Waals surface area contributed by atoms with Crippen LogP contribution >= 0.6 is 0 Å². The average molecular weight is 248 g/mol. The van der Waals surface area contributed by atoms with Crippen molar-refractivity contribution in [2.45, 2.75) is 0 Å². The fourth-order valence-electron chi connectivity index (χ4n) is 2.04. The second kappa shape index (κ2) is 5.26. The monoisotopic (exact) mass is 248 g/mol. The Morgan fingerprint density at radius 2 is 1.39 bits per heavy atom. The van der Waals surface area contributed by atoms with Crippen LogP contribution in [0.5, 0.6) is 0 Å². The number of benzene rings is 1. The number of carbonyl (C=O) groups excluding carboxylic acids is 2. The van der Waals surface area contributed by atoms with Crippen LogP contribution in [0.4, 0.5) is 0 Å². The number of hydrazine groups is 1. The molecule has 0 unspecified atom stereocenters. The minimum Gasteiger partial charge on any atom is -0.329 e. The number of hydrogen-bond donors (Lipinski definition) is 2. The van der Waals surface area contributed by atoms with Gasteiger partial charge in [0, 0.05) is 26.2 Å². The molecule has 0 aliphatic carbocycles. The van der Waals surface area contributed by atoms with Crippen molar-refractivity contribution in [2.24, 2.45) is 11.5 Å². The van der Waals surface area contributed by atoms with E-state index in [1.807, 2.05) is 0 Å². The summed E-state index contributed by atoms with van der Waals surface area (Å²) in [7, 11) is 0. The van der Waals surface area contributed by atoms with E-state index in [-0.39, 0.29) is 11.8 Å². The first-order valence-electron chi connectivity index (χ1n) is 5.83. The first-order chi connectivity index (χ1) is 8.70. The lowest BCUT2D eigenvalue weighted by Gasteiger charge is -2.29. The molecule has 0 fully saturated rings. The Morgan fingerprint density at radius 3 is 1.78 bits per heavy atom. The van der Waals surface area contributed by atoms with Crippen LogP contribution in [0.15, 0.2) is 24.3 Å². The van der Waals surface area contributed by atoms with Gasteiger partial charge in [-0.3, -0.25) is 9.59 Å². The molecule has 18 heavy (non-hydrogen) atoms. The van der Waals surface area contributed by atoms with Crippen LogP contribution in [0.2, 0.25) is 0 Å². The van der Waals surface area contributed by atoms with Crippen LogP contribution in [0.25, 0.3) is 0 Å². The van der Waals surface area contributed by atoms with Crippen molar-refractivity contribution in [3.63, 3.8) is 0 Å². The number of fused-ring (bicyclic) bond motifs is 1. The Bertz CT molecular complexity index is 434. The van der Waals surface area contributed by atoms with Crippen molar-refractivity contribution < 1.29 is 9.59 Å². The second-order valence-electron chi connectivity index (χ2n) is 4.00. The molecule has 1 aromatic rings. The SMILES string of the molecule is NCCN(CCN)N1C(=O)c2ccccc2C1=O. The zero-order valence-electron chi connectivity index (χ0n) is 10.0. The van der Waals surface area contributed by atoms with Gasteiger partial charge in [0.1, 0.15) is 0 Å². The highest BCUT2D eigenvalue weighted by Gasteiger charge is 2.38. The lowest BCUT2D eigenvalue weighted by molar-refractivity contribution is 0.00421. The molecular formula is C12H16N4O2. The van der Waals surface area contributed by atoms with Crippen molar-refractivity contribution in [1.29, 1.82) is 0 Å². The summed E-state index contributed by atoms with van der Waals surface area (Å²) in [5.74, 6) is -0.616. The predicted octanol–water partition coefficient (Wildman–Crippen LogP) is -0.583. The summed E-state index contributed by atoms with van der Waals surface area (Å²) in [4.78, 5) is 24.4. The highest BCUT2D eigenvalue weighted by atomic mass is 16.2. The van der Waals surface area contributed by atoms with Gasteiger partial charge in [-0.25, -0.2) is 10.0 Å². The summed E-state index contributed by atoms with van der Waals surface area (Å²) in [5.41, 5.74) is 11.8. The maximum atomic E-state index is 12.2. The lowest BCUT2D eigenvalue weighted by atomic mass is 10.1. The maximum absolute atomic E-state index is 12.2. The van der Waals surface area contributed by atoms with Gasteiger partial charge in [0.15, 0.2) is 0 Å². The number of imide groups is 1. The zero-order chi connectivity index (χ0) is 13.1. The number of carbonyl (C=O) groups is 2. The molecule has 4 N–H and O–H groups in total. The lowest BCUT2D eigenvalue weighted by Crippen LogP contribution is -2.50. The van der Waals surface area contributed by atoms with Gasteiger partial charge in [-0.2, -0.15) is 0 Å². The Labute approximate surface area is 105 Å². The highest BCUT2D eigenvalue weighted by Crippen LogP contribution is 2.23. The van der Waals surface area contributed by atoms with Gasteiger partial charge in [-0.1, -0.05) is 12.1 Å². The van der Waals surface area contributed by atoms with Gasteiger partial charge in [-0.05, 0) is 12.1 Å². The number of hydrogen-bond acceptors (Lipinski definition) is 5. The maximum Gasteiger partial charge on any atom is 0.276 e. The first kappa shape index (κ1) is 12.7. The number of nitrogens with two attached hydrogens (primary N) is 2. The van der Waals surface area contributed by atoms with E-state index in [1.54, 1.807) is 29.3 Å². The number of nitrogens with zero attached hydrogens (tertiary/aromatic N) is 2. The average Bonchev–Trinajstić information content (AvgIpc) is 2.63. The Balaban J connectivity index is 2.31. The molecule has 2 rings (SSSR count). The Morgan fingerprint density at radius 1 is 0.944 bits per heavy atom. The van der Waals surface area contributed by atoms with Crippen LogP contribution in [0, 0.1) is 0 Å². The molecule has 0 aromatic heterocycles. The number of amides is 2. The molecule has 2 amide bonds. The summed E-state index contributed by atoms with van der Waals surface area (Å²) < 4.78 is 0. The normalized spacial score (nSPS) is 14.5. The molecule has 96 valence electrons. The molecule has 0 atom stereocenters. The van der Waals surface area contributed by atoms with E-state index < -0.39 is 0 Å². The molecular weight excluding hydrogens is 232 g/mol. The molecule has 0 saturated heterocycles. The molecule has 6 nitrogen and oxygen atoms in total. The fourth-order valence-corrected chi connectivity index (χ4v) is 2.04. The number of rotatable bonds is 5. The van der Waals surface area contributed by atoms with Crippen molar-refractivity contribution in [3.8, 4) is 0 Å². The Kier molecular flexibility index (Phi) is 3.71. The highest BCUT2D eigenvalue weighted by molar-refractivity contribution is 6.20. The topological polar surface area (TPSA) is 92.7 Å².